The van der Waals surface area contributed by atoms with E-state index in [4.69, 9.17) is 11.6 Å². The molecular weight excluding hydrogens is 400 g/mol. The maximum absolute atomic E-state index is 12.8. The maximum atomic E-state index is 12.8. The first-order chi connectivity index (χ1) is 14.4. The number of nitrogens with zero attached hydrogens (tertiary/aromatic N) is 1. The Labute approximate surface area is 179 Å². The van der Waals surface area contributed by atoms with Gasteiger partial charge in [0.05, 0.1) is 17.2 Å². The molecule has 5 nitrogen and oxygen atoms in total. The van der Waals surface area contributed by atoms with Crippen molar-refractivity contribution in [3.05, 3.63) is 106 Å². The van der Waals surface area contributed by atoms with Crippen molar-refractivity contribution < 1.29 is 14.4 Å². The minimum atomic E-state index is -0.451. The topological polar surface area (TPSA) is 66.5 Å². The van der Waals surface area contributed by atoms with Crippen LogP contribution in [0.4, 0.5) is 0 Å². The first-order valence-corrected chi connectivity index (χ1v) is 9.88. The molecule has 30 heavy (non-hydrogen) atoms. The number of imide groups is 1. The molecule has 150 valence electrons. The predicted molar refractivity (Wildman–Crippen MR) is 114 cm³/mol. The average Bonchev–Trinajstić information content (AvgIpc) is 2.97. The van der Waals surface area contributed by atoms with E-state index in [-0.39, 0.29) is 6.54 Å². The van der Waals surface area contributed by atoms with E-state index in [1.54, 1.807) is 30.3 Å². The first kappa shape index (κ1) is 19.9. The van der Waals surface area contributed by atoms with Gasteiger partial charge in [-0.25, -0.2) is 0 Å². The minimum absolute atomic E-state index is 0.329. The smallest absolute Gasteiger partial charge is 0.262 e. The summed E-state index contributed by atoms with van der Waals surface area (Å²) in [6.45, 7) is 1.51. The average molecular weight is 419 g/mol. The van der Waals surface area contributed by atoms with E-state index >= 15 is 0 Å². The third kappa shape index (κ3) is 3.84. The fourth-order valence-electron chi connectivity index (χ4n) is 3.56. The van der Waals surface area contributed by atoms with Crippen molar-refractivity contribution in [1.29, 1.82) is 0 Å². The second kappa shape index (κ2) is 8.13. The zero-order valence-corrected chi connectivity index (χ0v) is 17.0. The Morgan fingerprint density at radius 2 is 1.53 bits per heavy atom. The molecule has 1 N–H and O–H groups in total. The van der Waals surface area contributed by atoms with Gasteiger partial charge >= 0.3 is 0 Å². The molecule has 3 aromatic rings. The van der Waals surface area contributed by atoms with Crippen molar-refractivity contribution in [2.45, 2.75) is 13.0 Å². The van der Waals surface area contributed by atoms with Crippen LogP contribution in [0.1, 0.15) is 43.4 Å². The lowest BCUT2D eigenvalue weighted by atomic mass is 9.98. The minimum Gasteiger partial charge on any atom is -0.344 e. The molecule has 0 aromatic heterocycles. The van der Waals surface area contributed by atoms with Crippen LogP contribution in [0.5, 0.6) is 0 Å². The Morgan fingerprint density at radius 3 is 2.23 bits per heavy atom. The number of amides is 3. The van der Waals surface area contributed by atoms with Gasteiger partial charge in [-0.1, -0.05) is 65.7 Å². The molecule has 0 saturated heterocycles. The monoisotopic (exact) mass is 418 g/mol. The van der Waals surface area contributed by atoms with Crippen molar-refractivity contribution in [2.24, 2.45) is 0 Å². The molecule has 1 unspecified atom stereocenters. The SMILES string of the molecule is Cc1ccc2c(c1)C(=O)N(CC(=O)NC(c1ccccc1)c1ccc(Cl)cc1)C2=O. The van der Waals surface area contributed by atoms with E-state index in [0.717, 1.165) is 21.6 Å². The summed E-state index contributed by atoms with van der Waals surface area (Å²) in [5.74, 6) is -1.32. The number of aryl methyl sites for hydroxylation is 1. The van der Waals surface area contributed by atoms with Crippen LogP contribution in [0.25, 0.3) is 0 Å². The van der Waals surface area contributed by atoms with Crippen LogP contribution in [-0.4, -0.2) is 29.2 Å². The van der Waals surface area contributed by atoms with Gasteiger partial charge in [-0.2, -0.15) is 0 Å². The fraction of sp³-hybridized carbons (Fsp3) is 0.125. The molecule has 3 amide bonds. The summed E-state index contributed by atoms with van der Waals surface area (Å²) in [5, 5.41) is 3.54. The molecular formula is C24H19ClN2O3. The first-order valence-electron chi connectivity index (χ1n) is 9.50. The molecule has 6 heteroatoms. The van der Waals surface area contributed by atoms with Gasteiger partial charge in [0.15, 0.2) is 0 Å². The lowest BCUT2D eigenvalue weighted by Crippen LogP contribution is -2.41. The number of hydrogen-bond acceptors (Lipinski definition) is 3. The third-order valence-electron chi connectivity index (χ3n) is 5.07. The van der Waals surface area contributed by atoms with E-state index < -0.39 is 23.8 Å². The number of rotatable bonds is 5. The van der Waals surface area contributed by atoms with Gasteiger partial charge in [0.25, 0.3) is 11.8 Å². The summed E-state index contributed by atoms with van der Waals surface area (Å²) in [4.78, 5) is 39.1. The summed E-state index contributed by atoms with van der Waals surface area (Å²) >= 11 is 6.00. The van der Waals surface area contributed by atoms with Crippen molar-refractivity contribution in [3.63, 3.8) is 0 Å². The third-order valence-corrected chi connectivity index (χ3v) is 5.32. The highest BCUT2D eigenvalue weighted by Crippen LogP contribution is 2.25. The molecule has 0 fully saturated rings. The van der Waals surface area contributed by atoms with Gasteiger partial charge in [-0.05, 0) is 42.3 Å². The second-order valence-corrected chi connectivity index (χ2v) is 7.64. The molecule has 1 atom stereocenters. The molecule has 4 rings (SSSR count). The van der Waals surface area contributed by atoms with Crippen molar-refractivity contribution in [1.82, 2.24) is 10.2 Å². The molecule has 1 aliphatic heterocycles. The van der Waals surface area contributed by atoms with Gasteiger partial charge in [-0.15, -0.1) is 0 Å². The molecule has 1 heterocycles. The number of halogens is 1. The lowest BCUT2D eigenvalue weighted by molar-refractivity contribution is -0.121. The maximum Gasteiger partial charge on any atom is 0.262 e. The van der Waals surface area contributed by atoms with Gasteiger partial charge in [0.1, 0.15) is 6.54 Å². The number of fused-ring (bicyclic) bond motifs is 1. The molecule has 0 spiro atoms. The summed E-state index contributed by atoms with van der Waals surface area (Å²) in [6.07, 6.45) is 0. The van der Waals surface area contributed by atoms with Crippen LogP contribution in [0, 0.1) is 6.92 Å². The number of carbonyl (C=O) groups excluding carboxylic acids is 3. The van der Waals surface area contributed by atoms with Gasteiger partial charge in [0.2, 0.25) is 5.91 Å². The fourth-order valence-corrected chi connectivity index (χ4v) is 3.68. The van der Waals surface area contributed by atoms with Crippen LogP contribution in [0.3, 0.4) is 0 Å². The summed E-state index contributed by atoms with van der Waals surface area (Å²) in [7, 11) is 0. The normalized spacial score (nSPS) is 13.9. The highest BCUT2D eigenvalue weighted by molar-refractivity contribution is 6.30. The Bertz CT molecular complexity index is 1130. The van der Waals surface area contributed by atoms with E-state index in [0.29, 0.717) is 16.1 Å². The highest BCUT2D eigenvalue weighted by Gasteiger charge is 2.36. The zero-order valence-electron chi connectivity index (χ0n) is 16.3. The molecule has 1 aliphatic rings. The van der Waals surface area contributed by atoms with Crippen molar-refractivity contribution in [3.8, 4) is 0 Å². The van der Waals surface area contributed by atoms with E-state index in [1.807, 2.05) is 49.4 Å². The van der Waals surface area contributed by atoms with Crippen LogP contribution in [0.2, 0.25) is 5.02 Å². The zero-order chi connectivity index (χ0) is 21.3. The number of hydrogen-bond donors (Lipinski definition) is 1. The van der Waals surface area contributed by atoms with E-state index in [2.05, 4.69) is 5.32 Å². The Morgan fingerprint density at radius 1 is 0.900 bits per heavy atom. The summed E-state index contributed by atoms with van der Waals surface area (Å²) in [5.41, 5.74) is 3.27. The summed E-state index contributed by atoms with van der Waals surface area (Å²) < 4.78 is 0. The Hall–Kier alpha value is -3.44. The van der Waals surface area contributed by atoms with Crippen LogP contribution in [0.15, 0.2) is 72.8 Å². The van der Waals surface area contributed by atoms with Crippen molar-refractivity contribution >= 4 is 29.3 Å². The van der Waals surface area contributed by atoms with E-state index in [1.165, 1.54) is 0 Å². The molecule has 0 saturated carbocycles. The van der Waals surface area contributed by atoms with Crippen molar-refractivity contribution in [2.75, 3.05) is 6.54 Å². The van der Waals surface area contributed by atoms with Crippen LogP contribution < -0.4 is 5.32 Å². The highest BCUT2D eigenvalue weighted by atomic mass is 35.5. The molecule has 3 aromatic carbocycles. The number of benzene rings is 3. The molecule has 0 bridgehead atoms. The number of nitrogens with one attached hydrogen (secondary N) is 1. The number of carbonyl (C=O) groups is 3. The van der Waals surface area contributed by atoms with Gasteiger partial charge < -0.3 is 5.32 Å². The van der Waals surface area contributed by atoms with E-state index in [9.17, 15) is 14.4 Å². The predicted octanol–water partition coefficient (Wildman–Crippen LogP) is 4.15. The lowest BCUT2D eigenvalue weighted by Gasteiger charge is -2.21. The van der Waals surface area contributed by atoms with Crippen LogP contribution in [-0.2, 0) is 4.79 Å². The summed E-state index contributed by atoms with van der Waals surface area (Å²) in [6, 6.07) is 21.3. The Kier molecular flexibility index (Phi) is 5.38. The molecule has 0 aliphatic carbocycles. The largest absolute Gasteiger partial charge is 0.344 e. The van der Waals surface area contributed by atoms with Gasteiger partial charge in [0, 0.05) is 5.02 Å². The second-order valence-electron chi connectivity index (χ2n) is 7.21. The quantitative estimate of drug-likeness (QED) is 0.633. The van der Waals surface area contributed by atoms with Crippen LogP contribution >= 0.6 is 11.6 Å². The molecule has 0 radical (unpaired) electrons. The Balaban J connectivity index is 1.56. The van der Waals surface area contributed by atoms with Gasteiger partial charge in [-0.3, -0.25) is 19.3 Å². The standard InChI is InChI=1S/C24H19ClN2O3/c1-15-7-12-19-20(13-15)24(30)27(23(19)29)14-21(28)26-22(16-5-3-2-4-6-16)17-8-10-18(25)11-9-17/h2-13,22H,14H2,1H3,(H,26,28).